The van der Waals surface area contributed by atoms with Crippen molar-refractivity contribution in [3.8, 4) is 0 Å². The first-order valence-electron chi connectivity index (χ1n) is 29.0. The molecule has 34 nitrogen and oxygen atoms in total. The van der Waals surface area contributed by atoms with Gasteiger partial charge in [-0.25, -0.2) is 9.36 Å². The van der Waals surface area contributed by atoms with Crippen molar-refractivity contribution in [1.29, 1.82) is 0 Å². The molecule has 0 N–H and O–H groups in total. The van der Waals surface area contributed by atoms with Crippen molar-refractivity contribution in [3.05, 3.63) is 23.8 Å². The number of hydrogen-bond acceptors (Lipinski definition) is 32. The Morgan fingerprint density at radius 1 is 0.407 bits per heavy atom. The molecular weight excluding hydrogens is 1260 g/mol. The van der Waals surface area contributed by atoms with Crippen LogP contribution in [0.1, 0.15) is 66.8 Å². The van der Waals surface area contributed by atoms with Crippen LogP contribution in [0.4, 0.5) is 0 Å². The maximum absolute atomic E-state index is 12.2. The maximum atomic E-state index is 12.2. The van der Waals surface area contributed by atoms with Crippen molar-refractivity contribution in [3.63, 3.8) is 0 Å². The van der Waals surface area contributed by atoms with Crippen LogP contribution in [0.2, 0.25) is 0 Å². The lowest BCUT2D eigenvalue weighted by atomic mass is 9.92. The van der Waals surface area contributed by atoms with Crippen molar-refractivity contribution in [2.24, 2.45) is 5.41 Å². The van der Waals surface area contributed by atoms with Crippen molar-refractivity contribution < 1.29 is 133 Å². The van der Waals surface area contributed by atoms with Crippen LogP contribution in [-0.4, -0.2) is 270 Å². The van der Waals surface area contributed by atoms with E-state index in [1.54, 1.807) is 12.4 Å². The average Bonchev–Trinajstić information content (AvgIpc) is 1.27. The summed E-state index contributed by atoms with van der Waals surface area (Å²) in [5, 5.41) is 16.5. The molecule has 0 aromatic carbocycles. The number of ether oxygens (including phenoxy) is 20. The second kappa shape index (κ2) is 43.1. The van der Waals surface area contributed by atoms with Crippen LogP contribution in [0, 0.1) is 5.41 Å². The molecule has 2 aromatic rings. The quantitative estimate of drug-likeness (QED) is 0.0374. The van der Waals surface area contributed by atoms with Crippen molar-refractivity contribution in [2.45, 2.75) is 143 Å². The maximum Gasteiger partial charge on any atom is 0.303 e. The lowest BCUT2D eigenvalue weighted by Gasteiger charge is -2.43. The zero-order chi connectivity index (χ0) is 66.6. The predicted octanol–water partition coefficient (Wildman–Crippen LogP) is 0.366. The van der Waals surface area contributed by atoms with Crippen LogP contribution in [-0.2, 0) is 159 Å². The second-order valence-corrected chi connectivity index (χ2v) is 21.0. The monoisotopic (exact) mass is 1350 g/mol. The van der Waals surface area contributed by atoms with E-state index in [-0.39, 0.29) is 106 Å². The van der Waals surface area contributed by atoms with Crippen LogP contribution >= 0.6 is 23.2 Å². The van der Waals surface area contributed by atoms with Gasteiger partial charge in [0.1, 0.15) is 36.8 Å². The zero-order valence-electron chi connectivity index (χ0n) is 52.3. The topological polar surface area (TPSA) is 383 Å². The fourth-order valence-corrected chi connectivity index (χ4v) is 8.94. The predicted molar refractivity (Wildman–Crippen MR) is 304 cm³/mol. The van der Waals surface area contributed by atoms with Gasteiger partial charge in [-0.3, -0.25) is 38.4 Å². The van der Waals surface area contributed by atoms with E-state index >= 15 is 0 Å². The third kappa shape index (κ3) is 30.6. The standard InChI is InChI=1S/C55H84Cl2N6O28/c1-35(64)80-29-45-47(84-37(3)66)49(86-39(5)68)51(88-41(7)70)53(90-45)82-27-43-25-62(60-58-43)11-15-74-19-23-78-33-55(31-76-21-17-72-13-9-56,32-77-22-18-73-14-10-57)34-79-24-20-75-16-12-63-26-44(59-61-63)28-83-54-52(89-42(8)71)50(87-40(6)69)48(85-38(4)67)46(91-54)30-81-36(2)65/h25-26,45-54H,9-24,27-34H2,1-8H3/t45-,46-,47-,48-,49+,50+,51-,52-,53+,54+/m1/s1. The van der Waals surface area contributed by atoms with Crippen molar-refractivity contribution in [2.75, 3.05) is 131 Å². The molecule has 2 saturated heterocycles. The molecule has 91 heavy (non-hydrogen) atoms. The van der Waals surface area contributed by atoms with E-state index in [0.717, 1.165) is 41.5 Å². The molecule has 4 heterocycles. The lowest BCUT2D eigenvalue weighted by molar-refractivity contribution is -0.310. The summed E-state index contributed by atoms with van der Waals surface area (Å²) < 4.78 is 117. The molecule has 516 valence electrons. The smallest absolute Gasteiger partial charge is 0.303 e. The highest BCUT2D eigenvalue weighted by atomic mass is 35.5. The highest BCUT2D eigenvalue weighted by Crippen LogP contribution is 2.32. The number of rotatable bonds is 46. The number of carbonyl (C=O) groups excluding carboxylic acids is 8. The van der Waals surface area contributed by atoms with Gasteiger partial charge in [0.2, 0.25) is 0 Å². The summed E-state index contributed by atoms with van der Waals surface area (Å²) in [6, 6.07) is 0. The number of carbonyl (C=O) groups is 8. The lowest BCUT2D eigenvalue weighted by Crippen LogP contribution is -2.62. The minimum absolute atomic E-state index is 0.125. The molecule has 0 bridgehead atoms. The Balaban J connectivity index is 1.30. The fourth-order valence-electron chi connectivity index (χ4n) is 8.72. The van der Waals surface area contributed by atoms with Gasteiger partial charge in [0.15, 0.2) is 49.2 Å². The van der Waals surface area contributed by atoms with E-state index in [1.807, 2.05) is 0 Å². The SMILES string of the molecule is CC(=O)OC[C@H]1O[C@H](OCc2cn(CCOCCOCC(COCCOCCCl)(COCCOCCCl)COCCOCCn3cc(CO[C@H]4O[C@H](COC(C)=O)[C@@H](OC(C)=O)[C@H](OC(C)=O)[C@H]4OC(C)=O)nn3)nn2)[C@H](OC(C)=O)[C@@H](OC(C)=O)[C@@H]1OC(C)=O. The molecule has 4 rings (SSSR count). The summed E-state index contributed by atoms with van der Waals surface area (Å²) in [7, 11) is 0. The molecule has 2 aromatic heterocycles. The van der Waals surface area contributed by atoms with Crippen LogP contribution in [0.5, 0.6) is 0 Å². The zero-order valence-corrected chi connectivity index (χ0v) is 53.8. The van der Waals surface area contributed by atoms with E-state index in [0.29, 0.717) is 49.6 Å². The number of alkyl halides is 2. The van der Waals surface area contributed by atoms with Crippen LogP contribution in [0.25, 0.3) is 0 Å². The van der Waals surface area contributed by atoms with Gasteiger partial charge in [-0.2, -0.15) is 0 Å². The molecular formula is C55H84Cl2N6O28. The highest BCUT2D eigenvalue weighted by Gasteiger charge is 2.54. The number of hydrogen-bond donors (Lipinski definition) is 0. The molecule has 2 aliphatic heterocycles. The van der Waals surface area contributed by atoms with E-state index in [2.05, 4.69) is 20.6 Å². The first kappa shape index (κ1) is 77.6. The Kier molecular flexibility index (Phi) is 36.8. The van der Waals surface area contributed by atoms with Gasteiger partial charge in [-0.05, 0) is 0 Å². The minimum atomic E-state index is -1.42. The molecule has 36 heteroatoms. The summed E-state index contributed by atoms with van der Waals surface area (Å²) in [5.41, 5.74) is -0.180. The van der Waals surface area contributed by atoms with E-state index in [1.165, 1.54) is 23.2 Å². The first-order chi connectivity index (χ1) is 43.6. The summed E-state index contributed by atoms with van der Waals surface area (Å²) in [4.78, 5) is 96.5. The van der Waals surface area contributed by atoms with Gasteiger partial charge < -0.3 is 94.7 Å². The third-order valence-electron chi connectivity index (χ3n) is 12.4. The number of aromatic nitrogens is 6. The van der Waals surface area contributed by atoms with Crippen LogP contribution in [0.3, 0.4) is 0 Å². The molecule has 0 amide bonds. The number of halogens is 2. The number of nitrogens with zero attached hydrogens (tertiary/aromatic N) is 6. The Morgan fingerprint density at radius 2 is 0.703 bits per heavy atom. The summed E-state index contributed by atoms with van der Waals surface area (Å²) in [6.07, 6.45) is -10.4. The molecule has 10 atom stereocenters. The number of esters is 8. The van der Waals surface area contributed by atoms with Crippen molar-refractivity contribution >= 4 is 71.0 Å². The second-order valence-electron chi connectivity index (χ2n) is 20.2. The van der Waals surface area contributed by atoms with Crippen LogP contribution in [0.15, 0.2) is 12.4 Å². The molecule has 0 unspecified atom stereocenters. The van der Waals surface area contributed by atoms with E-state index < -0.39 is 128 Å². The van der Waals surface area contributed by atoms with Crippen molar-refractivity contribution in [1.82, 2.24) is 30.0 Å². The normalized spacial score (nSPS) is 21.5. The average molecular weight is 1350 g/mol. The molecule has 0 radical (unpaired) electrons. The summed E-state index contributed by atoms with van der Waals surface area (Å²) >= 11 is 11.6. The largest absolute Gasteiger partial charge is 0.463 e. The van der Waals surface area contributed by atoms with Gasteiger partial charge in [0, 0.05) is 67.1 Å². The third-order valence-corrected chi connectivity index (χ3v) is 12.7. The van der Waals surface area contributed by atoms with E-state index in [4.69, 9.17) is 118 Å². The molecule has 0 spiro atoms. The molecule has 0 aliphatic carbocycles. The highest BCUT2D eigenvalue weighted by molar-refractivity contribution is 6.18. The van der Waals surface area contributed by atoms with Gasteiger partial charge in [-0.1, -0.05) is 10.4 Å². The first-order valence-corrected chi connectivity index (χ1v) is 30.0. The Morgan fingerprint density at radius 3 is 1.01 bits per heavy atom. The van der Waals surface area contributed by atoms with Gasteiger partial charge in [-0.15, -0.1) is 33.4 Å². The Bertz CT molecular complexity index is 2350. The summed E-state index contributed by atoms with van der Waals surface area (Å²) in [6.45, 7) is 11.7. The molecule has 2 fully saturated rings. The molecule has 0 saturated carbocycles. The van der Waals surface area contributed by atoms with Gasteiger partial charge in [0.25, 0.3) is 0 Å². The Labute approximate surface area is 535 Å². The fraction of sp³-hybridized carbons (Fsp3) is 0.782. The van der Waals surface area contributed by atoms with Crippen LogP contribution < -0.4 is 0 Å². The minimum Gasteiger partial charge on any atom is -0.463 e. The molecule has 2 aliphatic rings. The van der Waals surface area contributed by atoms with E-state index in [9.17, 15) is 38.4 Å². The van der Waals surface area contributed by atoms with Gasteiger partial charge >= 0.3 is 47.8 Å². The summed E-state index contributed by atoms with van der Waals surface area (Å²) in [5.74, 6) is -5.35. The van der Waals surface area contributed by atoms with Gasteiger partial charge in [0.05, 0.1) is 150 Å². The Hall–Kier alpha value is -5.86.